The number of aromatic nitrogens is 4. The molecule has 0 spiro atoms. The average Bonchev–Trinajstić information content (AvgIpc) is 3.51. The van der Waals surface area contributed by atoms with E-state index in [1.54, 1.807) is 16.3 Å². The molecule has 4 aromatic rings. The van der Waals surface area contributed by atoms with Crippen LogP contribution in [0.3, 0.4) is 0 Å². The molecule has 3 aromatic heterocycles. The second kappa shape index (κ2) is 12.1. The number of H-pyrrole nitrogens is 1. The predicted molar refractivity (Wildman–Crippen MR) is 133 cm³/mol. The van der Waals surface area contributed by atoms with Crippen LogP contribution in [0.2, 0.25) is 0 Å². The van der Waals surface area contributed by atoms with Gasteiger partial charge in [0.05, 0.1) is 25.6 Å². The maximum atomic E-state index is 11.9. The molecule has 0 aliphatic heterocycles. The molecule has 190 valence electrons. The van der Waals surface area contributed by atoms with Gasteiger partial charge < -0.3 is 28.5 Å². The van der Waals surface area contributed by atoms with Gasteiger partial charge in [-0.05, 0) is 30.0 Å². The van der Waals surface area contributed by atoms with Crippen molar-refractivity contribution < 1.29 is 23.1 Å². The molecule has 15 heteroatoms. The molecule has 0 saturated carbocycles. The highest BCUT2D eigenvalue weighted by atomic mass is 32.2. The van der Waals surface area contributed by atoms with E-state index in [4.69, 9.17) is 23.9 Å². The van der Waals surface area contributed by atoms with E-state index in [0.717, 1.165) is 10.5 Å². The molecule has 13 nitrogen and oxygen atoms in total. The van der Waals surface area contributed by atoms with Crippen LogP contribution in [-0.4, -0.2) is 43.7 Å². The number of nitrogens with two attached hydrogens (primary N) is 1. The van der Waals surface area contributed by atoms with Crippen molar-refractivity contribution in [3.63, 3.8) is 0 Å². The molecule has 0 aliphatic rings. The van der Waals surface area contributed by atoms with Crippen LogP contribution in [-0.2, 0) is 33.5 Å². The van der Waals surface area contributed by atoms with E-state index in [1.807, 2.05) is 30.5 Å². The number of aromatic amines is 1. The average molecular weight is 534 g/mol. The number of hydrogen-bond acceptors (Lipinski definition) is 11. The number of imidazole rings is 1. The lowest BCUT2D eigenvalue weighted by Gasteiger charge is -2.17. The Morgan fingerprint density at radius 1 is 1.22 bits per heavy atom. The van der Waals surface area contributed by atoms with E-state index in [1.165, 1.54) is 18.5 Å². The number of hydrogen-bond donors (Lipinski definition) is 2. The maximum Gasteiger partial charge on any atom is 0.433 e. The van der Waals surface area contributed by atoms with Crippen LogP contribution in [0.5, 0.6) is 0 Å². The highest BCUT2D eigenvalue weighted by molar-refractivity contribution is 7.98. The SMILES string of the molecule is CSc1ccc(COP(COCCn2cnc3c(=O)[nH]c(N)nc32)OCc2ccc([N+](=O)[O-])o2)cc1. The van der Waals surface area contributed by atoms with Crippen LogP contribution in [0.15, 0.2) is 56.8 Å². The fourth-order valence-corrected chi connectivity index (χ4v) is 4.57. The zero-order chi connectivity index (χ0) is 25.5. The summed E-state index contributed by atoms with van der Waals surface area (Å²) in [6, 6.07) is 10.7. The second-order valence-corrected chi connectivity index (χ2v) is 9.64. The van der Waals surface area contributed by atoms with Gasteiger partial charge in [0.2, 0.25) is 5.95 Å². The molecule has 0 radical (unpaired) electrons. The fourth-order valence-electron chi connectivity index (χ4n) is 3.09. The minimum absolute atomic E-state index is 0.00390. The Morgan fingerprint density at radius 2 is 2.00 bits per heavy atom. The van der Waals surface area contributed by atoms with Crippen molar-refractivity contribution in [2.24, 2.45) is 0 Å². The van der Waals surface area contributed by atoms with Crippen LogP contribution in [0.4, 0.5) is 11.8 Å². The monoisotopic (exact) mass is 534 g/mol. The third kappa shape index (κ3) is 6.68. The lowest BCUT2D eigenvalue weighted by Crippen LogP contribution is -2.13. The lowest BCUT2D eigenvalue weighted by molar-refractivity contribution is -0.402. The fraction of sp³-hybridized carbons (Fsp3) is 0.286. The topological polar surface area (TPSA) is 174 Å². The molecular weight excluding hydrogens is 511 g/mol. The molecule has 0 fully saturated rings. The summed E-state index contributed by atoms with van der Waals surface area (Å²) >= 11 is 1.65. The van der Waals surface area contributed by atoms with Crippen molar-refractivity contribution in [3.8, 4) is 0 Å². The molecule has 3 N–H and O–H groups in total. The summed E-state index contributed by atoms with van der Waals surface area (Å²) in [5, 5.41) is 10.8. The van der Waals surface area contributed by atoms with Crippen molar-refractivity contribution in [3.05, 3.63) is 74.5 Å². The molecule has 0 aliphatic carbocycles. The van der Waals surface area contributed by atoms with Gasteiger partial charge >= 0.3 is 5.88 Å². The highest BCUT2D eigenvalue weighted by Gasteiger charge is 2.17. The number of anilines is 1. The molecular formula is C21H23N6O7PS. The van der Waals surface area contributed by atoms with Crippen molar-refractivity contribution in [1.82, 2.24) is 19.5 Å². The zero-order valence-corrected chi connectivity index (χ0v) is 20.9. The standard InChI is InChI=1S/C21H23N6O7PS/c1-36-16-5-2-14(3-6-16)10-32-35(33-11-15-4-7-17(34-15)27(29)30)13-31-9-8-26-12-23-18-19(26)24-21(22)25-20(18)28/h2-7,12H,8-11,13H2,1H3,(H3,22,24,25,28). The van der Waals surface area contributed by atoms with Gasteiger partial charge in [0.1, 0.15) is 23.6 Å². The van der Waals surface area contributed by atoms with Gasteiger partial charge in [-0.25, -0.2) is 4.98 Å². The van der Waals surface area contributed by atoms with Gasteiger partial charge in [0, 0.05) is 11.4 Å². The van der Waals surface area contributed by atoms with Crippen LogP contribution in [0.25, 0.3) is 11.2 Å². The van der Waals surface area contributed by atoms with Crippen molar-refractivity contribution in [2.45, 2.75) is 24.7 Å². The summed E-state index contributed by atoms with van der Waals surface area (Å²) in [6.45, 7) is 0.933. The Hall–Kier alpha value is -3.29. The molecule has 4 rings (SSSR count). The van der Waals surface area contributed by atoms with E-state index >= 15 is 0 Å². The van der Waals surface area contributed by atoms with Crippen LogP contribution in [0, 0.1) is 10.1 Å². The van der Waals surface area contributed by atoms with E-state index in [0.29, 0.717) is 24.6 Å². The molecule has 0 saturated heterocycles. The van der Waals surface area contributed by atoms with Crippen molar-refractivity contribution >= 4 is 43.1 Å². The number of thioether (sulfide) groups is 1. The first-order chi connectivity index (χ1) is 17.4. The zero-order valence-electron chi connectivity index (χ0n) is 19.2. The molecule has 1 atom stereocenters. The molecule has 1 aromatic carbocycles. The summed E-state index contributed by atoms with van der Waals surface area (Å²) in [5.74, 6) is -0.0465. The normalized spacial score (nSPS) is 12.2. The Morgan fingerprint density at radius 3 is 2.72 bits per heavy atom. The van der Waals surface area contributed by atoms with Gasteiger partial charge in [0.25, 0.3) is 5.56 Å². The van der Waals surface area contributed by atoms with Gasteiger partial charge in [-0.1, -0.05) is 12.1 Å². The Balaban J connectivity index is 1.34. The number of rotatable bonds is 13. The first-order valence-electron chi connectivity index (χ1n) is 10.6. The van der Waals surface area contributed by atoms with Crippen molar-refractivity contribution in [2.75, 3.05) is 24.9 Å². The largest absolute Gasteiger partial charge is 0.433 e. The summed E-state index contributed by atoms with van der Waals surface area (Å²) in [7, 11) is -1.51. The number of nitrogens with one attached hydrogen (secondary N) is 1. The molecule has 1 unspecified atom stereocenters. The molecule has 0 amide bonds. The molecule has 0 bridgehead atoms. The van der Waals surface area contributed by atoms with E-state index < -0.39 is 18.9 Å². The van der Waals surface area contributed by atoms with Crippen molar-refractivity contribution in [1.29, 1.82) is 0 Å². The Bertz CT molecular complexity index is 1370. The Labute approximate surface area is 210 Å². The van der Waals surface area contributed by atoms with Crippen LogP contribution < -0.4 is 11.3 Å². The number of nitro groups is 1. The second-order valence-electron chi connectivity index (χ2n) is 7.32. The van der Waals surface area contributed by atoms with E-state index in [2.05, 4.69) is 15.0 Å². The van der Waals surface area contributed by atoms with Gasteiger partial charge in [0.15, 0.2) is 19.5 Å². The lowest BCUT2D eigenvalue weighted by atomic mass is 10.2. The summed E-state index contributed by atoms with van der Waals surface area (Å²) < 4.78 is 24.4. The van der Waals surface area contributed by atoms with E-state index in [9.17, 15) is 14.9 Å². The minimum Gasteiger partial charge on any atom is -0.403 e. The first kappa shape index (κ1) is 25.8. The van der Waals surface area contributed by atoms with Gasteiger partial charge in [-0.2, -0.15) is 4.98 Å². The molecule has 36 heavy (non-hydrogen) atoms. The summed E-state index contributed by atoms with van der Waals surface area (Å²) in [4.78, 5) is 33.9. The number of nitrogen functional groups attached to an aromatic ring is 1. The quantitative estimate of drug-likeness (QED) is 0.0842. The number of furan rings is 1. The molecule has 3 heterocycles. The third-order valence-electron chi connectivity index (χ3n) is 4.88. The third-order valence-corrected chi connectivity index (χ3v) is 6.85. The summed E-state index contributed by atoms with van der Waals surface area (Å²) in [5.41, 5.74) is 6.74. The summed E-state index contributed by atoms with van der Waals surface area (Å²) in [6.07, 6.45) is 3.64. The van der Waals surface area contributed by atoms with Gasteiger partial charge in [-0.15, -0.1) is 11.8 Å². The number of nitrogens with zero attached hydrogens (tertiary/aromatic N) is 4. The smallest absolute Gasteiger partial charge is 0.403 e. The highest BCUT2D eigenvalue weighted by Crippen LogP contribution is 2.40. The Kier molecular flexibility index (Phi) is 8.67. The van der Waals surface area contributed by atoms with Gasteiger partial charge in [-0.3, -0.25) is 19.9 Å². The number of ether oxygens (including phenoxy) is 1. The van der Waals surface area contributed by atoms with E-state index in [-0.39, 0.29) is 36.9 Å². The van der Waals surface area contributed by atoms with Crippen LogP contribution in [0.1, 0.15) is 11.3 Å². The minimum atomic E-state index is -1.51. The first-order valence-corrected chi connectivity index (χ1v) is 13.2. The van der Waals surface area contributed by atoms with Crippen LogP contribution >= 0.6 is 20.1 Å². The number of benzene rings is 1. The number of fused-ring (bicyclic) bond motifs is 1. The predicted octanol–water partition coefficient (Wildman–Crippen LogP) is 3.64. The maximum absolute atomic E-state index is 11.9.